The lowest BCUT2D eigenvalue weighted by Gasteiger charge is -2.16. The molecule has 2 heterocycles. The van der Waals surface area contributed by atoms with Crippen LogP contribution in [-0.4, -0.2) is 0 Å². The fraction of sp³-hybridized carbons (Fsp3) is 0. The number of rotatable bonds is 2. The fourth-order valence-electron chi connectivity index (χ4n) is 6.48. The van der Waals surface area contributed by atoms with Gasteiger partial charge < -0.3 is 8.83 Å². The predicted molar refractivity (Wildman–Crippen MR) is 167 cm³/mol. The Morgan fingerprint density at radius 2 is 0.925 bits per heavy atom. The van der Waals surface area contributed by atoms with Gasteiger partial charge in [0.05, 0.1) is 0 Å². The first kappa shape index (κ1) is 21.6. The van der Waals surface area contributed by atoms with Crippen LogP contribution in [-0.2, 0) is 0 Å². The number of hydrogen-bond donors (Lipinski definition) is 0. The zero-order chi connectivity index (χ0) is 26.2. The molecule has 2 nitrogen and oxygen atoms in total. The highest BCUT2D eigenvalue weighted by Gasteiger charge is 2.20. The number of hydrogen-bond acceptors (Lipinski definition) is 2. The third kappa shape index (κ3) is 2.99. The maximum Gasteiger partial charge on any atom is 0.142 e. The van der Waals surface area contributed by atoms with Gasteiger partial charge in [-0.05, 0) is 62.3 Å². The van der Waals surface area contributed by atoms with Crippen LogP contribution >= 0.6 is 0 Å². The van der Waals surface area contributed by atoms with E-state index >= 15 is 0 Å². The molecule has 0 saturated carbocycles. The van der Waals surface area contributed by atoms with Crippen LogP contribution in [0.25, 0.3) is 87.7 Å². The van der Waals surface area contributed by atoms with E-state index in [-0.39, 0.29) is 0 Å². The maximum absolute atomic E-state index is 6.71. The third-order valence-electron chi connectivity index (χ3n) is 8.25. The van der Waals surface area contributed by atoms with Crippen LogP contribution < -0.4 is 0 Å². The number of benzene rings is 7. The minimum atomic E-state index is 0.887. The second-order valence-electron chi connectivity index (χ2n) is 10.5. The Kier molecular flexibility index (Phi) is 4.36. The molecule has 0 aliphatic carbocycles. The maximum atomic E-state index is 6.71. The van der Waals surface area contributed by atoms with E-state index in [9.17, 15) is 0 Å². The SMILES string of the molecule is c1ccc2c(c1)ccc1cc(-c3c4ccccc4c(-c4ccc5c(c4)oc4ccccc45)c4ccccc34)oc12. The molecule has 0 unspecified atom stereocenters. The van der Waals surface area contributed by atoms with Crippen LogP contribution in [0.3, 0.4) is 0 Å². The molecule has 186 valence electrons. The van der Waals surface area contributed by atoms with Crippen molar-refractivity contribution < 1.29 is 8.83 Å². The summed E-state index contributed by atoms with van der Waals surface area (Å²) in [6.45, 7) is 0. The molecule has 0 saturated heterocycles. The van der Waals surface area contributed by atoms with Crippen LogP contribution in [0.4, 0.5) is 0 Å². The average Bonchev–Trinajstić information content (AvgIpc) is 3.61. The molecule has 0 aliphatic heterocycles. The summed E-state index contributed by atoms with van der Waals surface area (Å²) in [5.41, 5.74) is 6.22. The summed E-state index contributed by atoms with van der Waals surface area (Å²) in [6, 6.07) is 47.1. The highest BCUT2D eigenvalue weighted by Crippen LogP contribution is 2.46. The molecule has 9 aromatic rings. The van der Waals surface area contributed by atoms with E-state index in [4.69, 9.17) is 8.83 Å². The van der Waals surface area contributed by atoms with E-state index in [1.807, 2.05) is 12.1 Å². The second kappa shape index (κ2) is 8.08. The van der Waals surface area contributed by atoms with E-state index in [0.29, 0.717) is 0 Å². The largest absolute Gasteiger partial charge is 0.456 e. The van der Waals surface area contributed by atoms with Crippen molar-refractivity contribution in [3.8, 4) is 22.5 Å². The fourth-order valence-corrected chi connectivity index (χ4v) is 6.48. The Hall–Kier alpha value is -5.34. The van der Waals surface area contributed by atoms with Crippen molar-refractivity contribution >= 4 is 65.2 Å². The van der Waals surface area contributed by atoms with Gasteiger partial charge in [-0.1, -0.05) is 109 Å². The molecule has 0 amide bonds. The molecule has 9 rings (SSSR count). The van der Waals surface area contributed by atoms with Crippen molar-refractivity contribution in [1.82, 2.24) is 0 Å². The lowest BCUT2D eigenvalue weighted by molar-refractivity contribution is 0.636. The normalized spacial score (nSPS) is 12.0. The van der Waals surface area contributed by atoms with Gasteiger partial charge in [0, 0.05) is 27.1 Å². The molecule has 0 N–H and O–H groups in total. The lowest BCUT2D eigenvalue weighted by Crippen LogP contribution is -1.89. The van der Waals surface area contributed by atoms with Crippen LogP contribution in [0, 0.1) is 0 Å². The molecule has 0 fully saturated rings. The van der Waals surface area contributed by atoms with Crippen LogP contribution in [0.5, 0.6) is 0 Å². The zero-order valence-corrected chi connectivity index (χ0v) is 21.5. The summed E-state index contributed by atoms with van der Waals surface area (Å²) in [6.07, 6.45) is 0. The Morgan fingerprint density at radius 3 is 1.68 bits per heavy atom. The van der Waals surface area contributed by atoms with Gasteiger partial charge in [-0.2, -0.15) is 0 Å². The smallest absolute Gasteiger partial charge is 0.142 e. The summed E-state index contributed by atoms with van der Waals surface area (Å²) in [4.78, 5) is 0. The van der Waals surface area contributed by atoms with Crippen molar-refractivity contribution in [2.45, 2.75) is 0 Å². The molecule has 2 aromatic heterocycles. The van der Waals surface area contributed by atoms with E-state index < -0.39 is 0 Å². The quantitative estimate of drug-likeness (QED) is 0.216. The molecular weight excluding hydrogens is 488 g/mol. The van der Waals surface area contributed by atoms with Gasteiger partial charge in [0.1, 0.15) is 22.5 Å². The van der Waals surface area contributed by atoms with Gasteiger partial charge in [-0.3, -0.25) is 0 Å². The molecule has 0 radical (unpaired) electrons. The number of para-hydroxylation sites is 1. The van der Waals surface area contributed by atoms with Crippen molar-refractivity contribution in [2.75, 3.05) is 0 Å². The molecular formula is C38H22O2. The predicted octanol–water partition coefficient (Wildman–Crippen LogP) is 11.1. The highest BCUT2D eigenvalue weighted by atomic mass is 16.3. The van der Waals surface area contributed by atoms with E-state index in [1.54, 1.807) is 0 Å². The molecule has 0 atom stereocenters. The van der Waals surface area contributed by atoms with Gasteiger partial charge in [0.15, 0.2) is 0 Å². The topological polar surface area (TPSA) is 26.3 Å². The van der Waals surface area contributed by atoms with Crippen LogP contribution in [0.15, 0.2) is 142 Å². The Balaban J connectivity index is 1.37. The molecule has 0 aliphatic rings. The standard InChI is InChI=1S/C38H22O2/c1-2-10-26-23(9-1)17-18-25-22-35(40-38(25)26)37-31-14-5-3-12-29(31)36(30-13-4-6-15-32(30)37)24-19-20-28-27-11-7-8-16-33(27)39-34(28)21-24/h1-22H. The van der Waals surface area contributed by atoms with Crippen LogP contribution in [0.2, 0.25) is 0 Å². The van der Waals surface area contributed by atoms with Gasteiger partial charge in [0.25, 0.3) is 0 Å². The Morgan fingerprint density at radius 1 is 0.350 bits per heavy atom. The summed E-state index contributed by atoms with van der Waals surface area (Å²) in [5.74, 6) is 0.887. The number of fused-ring (bicyclic) bond motifs is 8. The lowest BCUT2D eigenvalue weighted by atomic mass is 9.87. The van der Waals surface area contributed by atoms with Crippen LogP contribution in [0.1, 0.15) is 0 Å². The summed E-state index contributed by atoms with van der Waals surface area (Å²) >= 11 is 0. The minimum absolute atomic E-state index is 0.887. The zero-order valence-electron chi connectivity index (χ0n) is 21.5. The summed E-state index contributed by atoms with van der Waals surface area (Å²) < 4.78 is 13.0. The average molecular weight is 511 g/mol. The Bertz CT molecular complexity index is 2380. The third-order valence-corrected chi connectivity index (χ3v) is 8.25. The van der Waals surface area contributed by atoms with Crippen molar-refractivity contribution in [1.29, 1.82) is 0 Å². The minimum Gasteiger partial charge on any atom is -0.456 e. The monoisotopic (exact) mass is 510 g/mol. The first-order valence-electron chi connectivity index (χ1n) is 13.6. The van der Waals surface area contributed by atoms with Gasteiger partial charge in [-0.15, -0.1) is 0 Å². The molecule has 0 spiro atoms. The van der Waals surface area contributed by atoms with Crippen molar-refractivity contribution in [3.05, 3.63) is 133 Å². The van der Waals surface area contributed by atoms with E-state index in [1.165, 1.54) is 32.5 Å². The molecule has 7 aromatic carbocycles. The van der Waals surface area contributed by atoms with Gasteiger partial charge in [0.2, 0.25) is 0 Å². The second-order valence-corrected chi connectivity index (χ2v) is 10.5. The first-order chi connectivity index (χ1) is 19.8. The summed E-state index contributed by atoms with van der Waals surface area (Å²) in [5, 5.41) is 10.4. The Labute approximate surface area is 229 Å². The first-order valence-corrected chi connectivity index (χ1v) is 13.6. The van der Waals surface area contributed by atoms with Crippen molar-refractivity contribution in [3.63, 3.8) is 0 Å². The highest BCUT2D eigenvalue weighted by molar-refractivity contribution is 6.22. The van der Waals surface area contributed by atoms with Crippen molar-refractivity contribution in [2.24, 2.45) is 0 Å². The molecule has 0 bridgehead atoms. The summed E-state index contributed by atoms with van der Waals surface area (Å²) in [7, 11) is 0. The van der Waals surface area contributed by atoms with E-state index in [2.05, 4.69) is 121 Å². The molecule has 40 heavy (non-hydrogen) atoms. The van der Waals surface area contributed by atoms with E-state index in [0.717, 1.165) is 55.2 Å². The van der Waals surface area contributed by atoms with Gasteiger partial charge in [-0.25, -0.2) is 0 Å². The van der Waals surface area contributed by atoms with Gasteiger partial charge >= 0.3 is 0 Å². The molecule has 2 heteroatoms. The number of furan rings is 2.